The van der Waals surface area contributed by atoms with Crippen LogP contribution in [0, 0.1) is 0 Å². The van der Waals surface area contributed by atoms with Crippen molar-refractivity contribution >= 4 is 31.1 Å². The molecule has 8 heteroatoms. The van der Waals surface area contributed by atoms with Crippen LogP contribution < -0.4 is 46.3 Å². The topological polar surface area (TPSA) is 35.6 Å². The molecule has 0 aliphatic carbocycles. The molecule has 0 saturated heterocycles. The predicted molar refractivity (Wildman–Crippen MR) is 110 cm³/mol. The fourth-order valence-corrected chi connectivity index (χ4v) is 4.74. The molecule has 0 fully saturated rings. The van der Waals surface area contributed by atoms with Crippen molar-refractivity contribution in [2.45, 2.75) is 26.9 Å². The van der Waals surface area contributed by atoms with Crippen molar-refractivity contribution in [1.82, 2.24) is 19.1 Å². The van der Waals surface area contributed by atoms with Crippen LogP contribution in [0.15, 0.2) is 73.8 Å². The van der Waals surface area contributed by atoms with E-state index in [-0.39, 0.29) is 53.5 Å². The van der Waals surface area contributed by atoms with Gasteiger partial charge in [-0.3, -0.25) is 0 Å². The monoisotopic (exact) mass is 500 g/mol. The Morgan fingerprint density at radius 3 is 1.47 bits per heavy atom. The van der Waals surface area contributed by atoms with Gasteiger partial charge in [-0.1, -0.05) is 13.8 Å². The third-order valence-corrected chi connectivity index (χ3v) is 5.78. The molecule has 0 N–H and O–H groups in total. The first-order chi connectivity index (χ1) is 13.3. The molecule has 30 heavy (non-hydrogen) atoms. The average molecular weight is 502 g/mol. The van der Waals surface area contributed by atoms with Gasteiger partial charge in [0.1, 0.15) is 0 Å². The van der Waals surface area contributed by atoms with Crippen LogP contribution in [-0.2, 0) is 29.4 Å². The van der Waals surface area contributed by atoms with Crippen molar-refractivity contribution in [3.05, 3.63) is 73.8 Å². The summed E-state index contributed by atoms with van der Waals surface area (Å²) in [5.41, 5.74) is 4.36. The van der Waals surface area contributed by atoms with Crippen LogP contribution in [0.5, 0.6) is 0 Å². The van der Waals surface area contributed by atoms with Gasteiger partial charge in [-0.2, -0.15) is 0 Å². The zero-order chi connectivity index (χ0) is 19.2. The van der Waals surface area contributed by atoms with Gasteiger partial charge in [0, 0.05) is 0 Å². The van der Waals surface area contributed by atoms with Crippen LogP contribution in [0.2, 0.25) is 0 Å². The smallest absolute Gasteiger partial charge is 0.0683 e. The molecule has 2 heterocycles. The van der Waals surface area contributed by atoms with E-state index < -0.39 is 0 Å². The normalized spacial score (nSPS) is 9.27. The van der Waals surface area contributed by atoms with Gasteiger partial charge >= 0.3 is 153 Å². The predicted octanol–water partition coefficient (Wildman–Crippen LogP) is -5.17. The summed E-state index contributed by atoms with van der Waals surface area (Å²) in [6.45, 7) is 13.3. The number of rotatable bonds is 6. The van der Waals surface area contributed by atoms with E-state index in [9.17, 15) is 0 Å². The molecule has 0 spiro atoms. The molecule has 0 aliphatic heterocycles. The van der Waals surface area contributed by atoms with Gasteiger partial charge in [0.2, 0.25) is 0 Å². The van der Waals surface area contributed by atoms with Crippen molar-refractivity contribution in [2.75, 3.05) is 0 Å². The molecular weight excluding hydrogens is 478 g/mol. The molecule has 0 aliphatic rings. The Morgan fingerprint density at radius 2 is 1.10 bits per heavy atom. The summed E-state index contributed by atoms with van der Waals surface area (Å²) in [4.78, 5) is 9.75. The number of aromatic nitrogens is 4. The summed E-state index contributed by atoms with van der Waals surface area (Å²) < 4.78 is 6.69. The first kappa shape index (κ1) is 28.3. The fourth-order valence-electron chi connectivity index (χ4n) is 3.00. The Bertz CT molecular complexity index is 1000. The van der Waals surface area contributed by atoms with Crippen molar-refractivity contribution in [3.8, 4) is 0 Å². The molecular formula is C22H24Cl3N4V. The number of benzene rings is 2. The van der Waals surface area contributed by atoms with Crippen molar-refractivity contribution in [2.24, 2.45) is 0 Å². The zero-order valence-corrected chi connectivity index (χ0v) is 20.6. The van der Waals surface area contributed by atoms with E-state index in [2.05, 4.69) is 58.7 Å². The van der Waals surface area contributed by atoms with Crippen LogP contribution >= 0.6 is 0 Å². The molecule has 158 valence electrons. The number of nitrogens with zero attached hydrogens (tertiary/aromatic N) is 4. The van der Waals surface area contributed by atoms with Gasteiger partial charge in [0.15, 0.2) is 0 Å². The molecule has 0 bridgehead atoms. The molecule has 0 atom stereocenters. The molecule has 2 aromatic carbocycles. The fraction of sp³-hybridized carbons (Fsp3) is 0.182. The van der Waals surface area contributed by atoms with Gasteiger partial charge < -0.3 is 37.2 Å². The number of fused-ring (bicyclic) bond motifs is 2. The second-order valence-corrected chi connectivity index (χ2v) is 7.31. The molecule has 4 aromatic rings. The van der Waals surface area contributed by atoms with E-state index in [4.69, 9.17) is 9.97 Å². The van der Waals surface area contributed by atoms with E-state index in [0.717, 1.165) is 44.2 Å². The van der Waals surface area contributed by atoms with Gasteiger partial charge in [-0.25, -0.2) is 0 Å². The third kappa shape index (κ3) is 5.72. The summed E-state index contributed by atoms with van der Waals surface area (Å²) in [7, 11) is 0. The minimum absolute atomic E-state index is 0. The number of hydrogen-bond donors (Lipinski definition) is 0. The largest absolute Gasteiger partial charge is 1.00 e. The van der Waals surface area contributed by atoms with Crippen molar-refractivity contribution < 1.29 is 53.5 Å². The maximum Gasteiger partial charge on any atom is -0.0683 e. The van der Waals surface area contributed by atoms with E-state index >= 15 is 0 Å². The molecule has 0 amide bonds. The Balaban J connectivity index is 0.00000163. The second kappa shape index (κ2) is 13.6. The molecule has 0 saturated carbocycles. The van der Waals surface area contributed by atoms with E-state index in [1.807, 2.05) is 38.1 Å². The van der Waals surface area contributed by atoms with Gasteiger partial charge in [0.05, 0.1) is 0 Å². The number of halogens is 3. The molecule has 2 aromatic heterocycles. The quantitative estimate of drug-likeness (QED) is 0.248. The van der Waals surface area contributed by atoms with Crippen molar-refractivity contribution in [3.63, 3.8) is 0 Å². The van der Waals surface area contributed by atoms with E-state index in [1.54, 1.807) is 0 Å². The summed E-state index contributed by atoms with van der Waals surface area (Å²) in [5, 5.41) is 0. The van der Waals surface area contributed by atoms with Gasteiger partial charge in [0.25, 0.3) is 0 Å². The van der Waals surface area contributed by atoms with Gasteiger partial charge in [-0.05, 0) is 0 Å². The van der Waals surface area contributed by atoms with Gasteiger partial charge in [-0.15, -0.1) is 0 Å². The number of allylic oxidation sites excluding steroid dienone is 2. The van der Waals surface area contributed by atoms with Crippen LogP contribution in [0.25, 0.3) is 22.1 Å². The third-order valence-electron chi connectivity index (χ3n) is 4.09. The number of hydrogen-bond acceptors (Lipinski definition) is 2. The Hall–Kier alpha value is -1.69. The summed E-state index contributed by atoms with van der Waals surface area (Å²) in [6.07, 6.45) is 3.84. The Kier molecular flexibility index (Phi) is 12.8. The zero-order valence-electron chi connectivity index (χ0n) is 17.0. The number of para-hydroxylation sites is 4. The Labute approximate surface area is 203 Å². The van der Waals surface area contributed by atoms with Crippen molar-refractivity contribution in [1.29, 1.82) is 0 Å². The first-order valence-corrected chi connectivity index (χ1v) is 10.6. The molecule has 4 rings (SSSR count). The van der Waals surface area contributed by atoms with E-state index in [0.29, 0.717) is 0 Å². The van der Waals surface area contributed by atoms with Crippen LogP contribution in [0.1, 0.15) is 13.8 Å². The SMILES string of the molecule is C=CCn1[c]([V+3][c]2nc3ccccc3n2CC=C)nc2ccccc21.CC.[Cl-].[Cl-].[Cl-]. The summed E-state index contributed by atoms with van der Waals surface area (Å²) in [5.74, 6) is 0. The maximum absolute atomic E-state index is 4.88. The van der Waals surface area contributed by atoms with Crippen LogP contribution in [0.4, 0.5) is 0 Å². The number of imidazole rings is 2. The Morgan fingerprint density at radius 1 is 0.733 bits per heavy atom. The maximum atomic E-state index is 4.88. The van der Waals surface area contributed by atoms with E-state index in [1.165, 1.54) is 0 Å². The summed E-state index contributed by atoms with van der Waals surface area (Å²) >= 11 is -0.351. The first-order valence-electron chi connectivity index (χ1n) is 9.16. The minimum Gasteiger partial charge on any atom is -1.00 e. The molecule has 4 nitrogen and oxygen atoms in total. The minimum atomic E-state index is -0.351. The summed E-state index contributed by atoms with van der Waals surface area (Å²) in [6, 6.07) is 16.5. The molecule has 0 radical (unpaired) electrons. The van der Waals surface area contributed by atoms with Crippen LogP contribution in [-0.4, -0.2) is 19.1 Å². The second-order valence-electron chi connectivity index (χ2n) is 5.71. The molecule has 0 unspecified atom stereocenters. The van der Waals surface area contributed by atoms with Crippen LogP contribution in [0.3, 0.4) is 0 Å². The average Bonchev–Trinajstić information content (AvgIpc) is 3.23. The standard InChI is InChI=1S/2C10H9N2.C2H6.3ClH.V/c2*1-2-7-12-8-11-9-5-3-4-6-10(9)12;1-2;;;;/h2*2-6H,1,7H2;1-2H3;3*1H;/q;;;;;;+3/p-3.